The van der Waals surface area contributed by atoms with Gasteiger partial charge in [0.25, 0.3) is 0 Å². The summed E-state index contributed by atoms with van der Waals surface area (Å²) in [5.41, 5.74) is -0.768. The monoisotopic (exact) mass is 362 g/mol. The molecular weight excluding hydrogens is 340 g/mol. The third kappa shape index (κ3) is 2.85. The molecule has 1 spiro atoms. The van der Waals surface area contributed by atoms with Gasteiger partial charge in [0, 0.05) is 12.2 Å². The summed E-state index contributed by atoms with van der Waals surface area (Å²) >= 11 is 0. The van der Waals surface area contributed by atoms with Gasteiger partial charge in [-0.2, -0.15) is 0 Å². The first kappa shape index (κ1) is 18.0. The molecule has 1 saturated heterocycles. The molecule has 26 heavy (non-hydrogen) atoms. The van der Waals surface area contributed by atoms with Crippen LogP contribution in [-0.2, 0) is 24.5 Å². The van der Waals surface area contributed by atoms with Crippen LogP contribution in [0.15, 0.2) is 18.2 Å². The Morgan fingerprint density at radius 3 is 2.65 bits per heavy atom. The number of esters is 1. The van der Waals surface area contributed by atoms with Crippen molar-refractivity contribution in [3.8, 4) is 5.75 Å². The first-order valence-electron chi connectivity index (χ1n) is 8.30. The lowest BCUT2D eigenvalue weighted by Gasteiger charge is -2.27. The van der Waals surface area contributed by atoms with E-state index in [9.17, 15) is 19.5 Å². The second-order valence-corrected chi connectivity index (χ2v) is 7.62. The second kappa shape index (κ2) is 5.89. The maximum atomic E-state index is 12.8. The Kier molecular flexibility index (Phi) is 4.09. The van der Waals surface area contributed by atoms with E-state index in [-0.39, 0.29) is 24.6 Å². The quantitative estimate of drug-likeness (QED) is 0.583. The smallest absolute Gasteiger partial charge is 0.411 e. The number of methoxy groups -OCH3 is 1. The number of carbonyl (C=O) groups excluding carboxylic acids is 3. The molecule has 0 aromatic heterocycles. The Bertz CT molecular complexity index is 784. The highest BCUT2D eigenvalue weighted by Crippen LogP contribution is 2.47. The number of hydrogen-bond acceptors (Lipinski definition) is 6. The molecule has 2 heterocycles. The fourth-order valence-corrected chi connectivity index (χ4v) is 3.53. The average Bonchev–Trinajstić information content (AvgIpc) is 3.06. The van der Waals surface area contributed by atoms with E-state index in [4.69, 9.17) is 9.47 Å². The van der Waals surface area contributed by atoms with Gasteiger partial charge in [0.05, 0.1) is 12.5 Å². The lowest BCUT2D eigenvalue weighted by Crippen LogP contribution is -2.44. The highest BCUT2D eigenvalue weighted by molar-refractivity contribution is 6.08. The normalized spacial score (nSPS) is 24.4. The standard InChI is InChI=1S/C18H22N2O6/c1-17(2,3)26-16(24)20-9-18(8-13(20)14(22)25-4)11-7-10(21)5-6-12(11)19-15(18)23/h5-7,13,21H,8-9H2,1-4H3,(H,19,23)/t13-,18-/m0/s1. The van der Waals surface area contributed by atoms with Crippen LogP contribution in [0.3, 0.4) is 0 Å². The number of likely N-dealkylation sites (tertiary alicyclic amines) is 1. The summed E-state index contributed by atoms with van der Waals surface area (Å²) < 4.78 is 10.2. The summed E-state index contributed by atoms with van der Waals surface area (Å²) in [4.78, 5) is 38.9. The molecule has 1 aromatic rings. The summed E-state index contributed by atoms with van der Waals surface area (Å²) in [6.07, 6.45) is -0.632. The molecule has 0 aliphatic carbocycles. The van der Waals surface area contributed by atoms with Crippen molar-refractivity contribution in [2.75, 3.05) is 19.0 Å². The van der Waals surface area contributed by atoms with Crippen molar-refractivity contribution < 1.29 is 29.0 Å². The average molecular weight is 362 g/mol. The maximum absolute atomic E-state index is 12.8. The fraction of sp³-hybridized carbons (Fsp3) is 0.500. The molecule has 1 fully saturated rings. The molecule has 8 nitrogen and oxygen atoms in total. The molecule has 8 heteroatoms. The number of carbonyl (C=O) groups is 3. The van der Waals surface area contributed by atoms with Crippen LogP contribution in [0.2, 0.25) is 0 Å². The van der Waals surface area contributed by atoms with Gasteiger partial charge >= 0.3 is 12.1 Å². The zero-order chi connectivity index (χ0) is 19.3. The minimum Gasteiger partial charge on any atom is -0.508 e. The van der Waals surface area contributed by atoms with E-state index in [0.29, 0.717) is 11.3 Å². The molecule has 0 bridgehead atoms. The number of nitrogens with zero attached hydrogens (tertiary/aromatic N) is 1. The van der Waals surface area contributed by atoms with E-state index in [2.05, 4.69) is 5.32 Å². The number of hydrogen-bond donors (Lipinski definition) is 2. The van der Waals surface area contributed by atoms with Gasteiger partial charge in [0.2, 0.25) is 5.91 Å². The van der Waals surface area contributed by atoms with Crippen LogP contribution in [0.1, 0.15) is 32.8 Å². The predicted molar refractivity (Wildman–Crippen MR) is 91.8 cm³/mol. The van der Waals surface area contributed by atoms with Crippen LogP contribution in [-0.4, -0.2) is 53.3 Å². The summed E-state index contributed by atoms with van der Waals surface area (Å²) in [5.74, 6) is -0.933. The molecule has 2 atom stereocenters. The van der Waals surface area contributed by atoms with Crippen molar-refractivity contribution in [2.45, 2.75) is 44.2 Å². The van der Waals surface area contributed by atoms with Gasteiger partial charge in [-0.15, -0.1) is 0 Å². The number of aromatic hydroxyl groups is 1. The fourth-order valence-electron chi connectivity index (χ4n) is 3.53. The van der Waals surface area contributed by atoms with E-state index in [1.54, 1.807) is 26.8 Å². The van der Waals surface area contributed by atoms with Gasteiger partial charge in [-0.3, -0.25) is 9.69 Å². The summed E-state index contributed by atoms with van der Waals surface area (Å²) in [7, 11) is 1.23. The number of ether oxygens (including phenoxy) is 2. The largest absolute Gasteiger partial charge is 0.508 e. The zero-order valence-electron chi connectivity index (χ0n) is 15.2. The van der Waals surface area contributed by atoms with Crippen LogP contribution >= 0.6 is 0 Å². The molecule has 140 valence electrons. The van der Waals surface area contributed by atoms with Gasteiger partial charge in [-0.25, -0.2) is 9.59 Å². The number of fused-ring (bicyclic) bond motifs is 2. The molecule has 0 radical (unpaired) electrons. The molecule has 2 amide bonds. The van der Waals surface area contributed by atoms with E-state index in [1.807, 2.05) is 0 Å². The molecule has 0 saturated carbocycles. The molecule has 2 N–H and O–H groups in total. The zero-order valence-corrected chi connectivity index (χ0v) is 15.2. The van der Waals surface area contributed by atoms with Crippen LogP contribution in [0.25, 0.3) is 0 Å². The minimum absolute atomic E-state index is 0.00459. The Balaban J connectivity index is 2.02. The van der Waals surface area contributed by atoms with E-state index in [1.165, 1.54) is 24.1 Å². The lowest BCUT2D eigenvalue weighted by atomic mass is 9.79. The first-order chi connectivity index (χ1) is 12.1. The Morgan fingerprint density at radius 2 is 2.04 bits per heavy atom. The number of amides is 2. The van der Waals surface area contributed by atoms with Gasteiger partial charge in [0.15, 0.2) is 0 Å². The van der Waals surface area contributed by atoms with Crippen LogP contribution < -0.4 is 5.32 Å². The molecular formula is C18H22N2O6. The van der Waals surface area contributed by atoms with Crippen LogP contribution in [0, 0.1) is 0 Å². The van der Waals surface area contributed by atoms with E-state index in [0.717, 1.165) is 0 Å². The van der Waals surface area contributed by atoms with Crippen LogP contribution in [0.5, 0.6) is 5.75 Å². The number of phenolic OH excluding ortho intramolecular Hbond substituents is 1. The number of phenols is 1. The lowest BCUT2D eigenvalue weighted by molar-refractivity contribution is -0.145. The van der Waals surface area contributed by atoms with Gasteiger partial charge in [0.1, 0.15) is 17.4 Å². The maximum Gasteiger partial charge on any atom is 0.411 e. The highest BCUT2D eigenvalue weighted by atomic mass is 16.6. The van der Waals surface area contributed by atoms with Crippen molar-refractivity contribution >= 4 is 23.7 Å². The SMILES string of the molecule is COC(=O)[C@@H]1C[C@@]2(CN1C(=O)OC(C)(C)C)C(=O)Nc1ccc(O)cc12. The van der Waals surface area contributed by atoms with Crippen molar-refractivity contribution in [1.82, 2.24) is 4.90 Å². The molecule has 2 aliphatic rings. The topological polar surface area (TPSA) is 105 Å². The Hall–Kier alpha value is -2.77. The van der Waals surface area contributed by atoms with Crippen LogP contribution in [0.4, 0.5) is 10.5 Å². The summed E-state index contributed by atoms with van der Waals surface area (Å²) in [6, 6.07) is 3.60. The van der Waals surface area contributed by atoms with Crippen molar-refractivity contribution in [3.05, 3.63) is 23.8 Å². The molecule has 1 aromatic carbocycles. The third-order valence-electron chi connectivity index (χ3n) is 4.66. The molecule has 3 rings (SSSR count). The Morgan fingerprint density at radius 1 is 1.35 bits per heavy atom. The summed E-state index contributed by atoms with van der Waals surface area (Å²) in [5, 5.41) is 12.6. The number of nitrogens with one attached hydrogen (secondary N) is 1. The van der Waals surface area contributed by atoms with Crippen molar-refractivity contribution in [1.29, 1.82) is 0 Å². The number of benzene rings is 1. The van der Waals surface area contributed by atoms with E-state index >= 15 is 0 Å². The van der Waals surface area contributed by atoms with Crippen molar-refractivity contribution in [3.63, 3.8) is 0 Å². The van der Waals surface area contributed by atoms with Gasteiger partial charge < -0.3 is 19.9 Å². The first-order valence-corrected chi connectivity index (χ1v) is 8.30. The molecule has 2 aliphatic heterocycles. The molecule has 0 unspecified atom stereocenters. The van der Waals surface area contributed by atoms with Gasteiger partial charge in [-0.1, -0.05) is 0 Å². The minimum atomic E-state index is -1.14. The third-order valence-corrected chi connectivity index (χ3v) is 4.66. The van der Waals surface area contributed by atoms with Gasteiger partial charge in [-0.05, 0) is 51.0 Å². The highest BCUT2D eigenvalue weighted by Gasteiger charge is 2.58. The summed E-state index contributed by atoms with van der Waals surface area (Å²) in [6.45, 7) is 5.13. The van der Waals surface area contributed by atoms with Crippen molar-refractivity contribution in [2.24, 2.45) is 0 Å². The van der Waals surface area contributed by atoms with E-state index < -0.39 is 29.1 Å². The second-order valence-electron chi connectivity index (χ2n) is 7.62. The number of anilines is 1. The number of rotatable bonds is 1. The Labute approximate surface area is 151 Å². The predicted octanol–water partition coefficient (Wildman–Crippen LogP) is 1.76.